The fraction of sp³-hybridized carbons (Fsp3) is 0.278. The minimum Gasteiger partial charge on any atom is -0.350 e. The highest BCUT2D eigenvalue weighted by Gasteiger charge is 2.16. The maximum Gasteiger partial charge on any atom is 0.252 e. The molecule has 0 fully saturated rings. The Labute approximate surface area is 147 Å². The summed E-state index contributed by atoms with van der Waals surface area (Å²) in [6.45, 7) is 0.531. The molecule has 1 unspecified atom stereocenters. The lowest BCUT2D eigenvalue weighted by Crippen LogP contribution is -2.41. The van der Waals surface area contributed by atoms with Crippen LogP contribution in [0.2, 0.25) is 10.0 Å². The van der Waals surface area contributed by atoms with E-state index in [0.717, 1.165) is 6.42 Å². The molecule has 0 saturated heterocycles. The Balaban J connectivity index is 2.01. The fourth-order valence-corrected chi connectivity index (χ4v) is 2.69. The van der Waals surface area contributed by atoms with Gasteiger partial charge in [0, 0.05) is 12.6 Å². The minimum absolute atomic E-state index is 0.194. The van der Waals surface area contributed by atoms with Crippen LogP contribution >= 0.6 is 23.2 Å². The van der Waals surface area contributed by atoms with Crippen LogP contribution in [0, 0.1) is 0 Å². The molecule has 3 nitrogen and oxygen atoms in total. The van der Waals surface area contributed by atoms with Gasteiger partial charge in [-0.1, -0.05) is 59.6 Å². The first-order valence-electron chi connectivity index (χ1n) is 7.41. The maximum atomic E-state index is 12.3. The molecule has 0 bridgehead atoms. The molecule has 5 heteroatoms. The van der Waals surface area contributed by atoms with E-state index in [2.05, 4.69) is 22.3 Å². The van der Waals surface area contributed by atoms with Crippen LogP contribution < -0.4 is 5.32 Å². The molecule has 2 aromatic carbocycles. The first-order chi connectivity index (χ1) is 11.0. The monoisotopic (exact) mass is 350 g/mol. The van der Waals surface area contributed by atoms with Crippen LogP contribution in [-0.4, -0.2) is 37.5 Å². The SMILES string of the molecule is CN(C)C(CNC(=O)c1cccc(Cl)c1Cl)Cc1ccccc1. The number of likely N-dealkylation sites (N-methyl/N-ethyl adjacent to an activating group) is 1. The Hall–Kier alpha value is -1.55. The number of hydrogen-bond donors (Lipinski definition) is 1. The van der Waals surface area contributed by atoms with Crippen LogP contribution in [0.15, 0.2) is 48.5 Å². The molecular formula is C18H20Cl2N2O. The number of rotatable bonds is 6. The molecule has 122 valence electrons. The lowest BCUT2D eigenvalue weighted by molar-refractivity contribution is 0.0942. The second kappa shape index (κ2) is 8.34. The molecule has 0 aromatic heterocycles. The molecule has 1 N–H and O–H groups in total. The third-order valence-corrected chi connectivity index (χ3v) is 4.56. The summed E-state index contributed by atoms with van der Waals surface area (Å²) in [5.74, 6) is -0.211. The van der Waals surface area contributed by atoms with E-state index in [9.17, 15) is 4.79 Å². The van der Waals surface area contributed by atoms with Gasteiger partial charge in [-0.05, 0) is 38.2 Å². The van der Waals surface area contributed by atoms with Crippen molar-refractivity contribution in [2.45, 2.75) is 12.5 Å². The average molecular weight is 351 g/mol. The van der Waals surface area contributed by atoms with E-state index in [1.807, 2.05) is 32.3 Å². The van der Waals surface area contributed by atoms with Crippen LogP contribution in [0.3, 0.4) is 0 Å². The van der Waals surface area contributed by atoms with Crippen molar-refractivity contribution in [3.8, 4) is 0 Å². The summed E-state index contributed by atoms with van der Waals surface area (Å²) in [5.41, 5.74) is 1.64. The van der Waals surface area contributed by atoms with Crippen LogP contribution in [0.4, 0.5) is 0 Å². The topological polar surface area (TPSA) is 32.3 Å². The van der Waals surface area contributed by atoms with Gasteiger partial charge in [-0.25, -0.2) is 0 Å². The van der Waals surface area contributed by atoms with Crippen molar-refractivity contribution < 1.29 is 4.79 Å². The first kappa shape index (κ1) is 17.8. The van der Waals surface area contributed by atoms with E-state index in [-0.39, 0.29) is 17.0 Å². The second-order valence-electron chi connectivity index (χ2n) is 5.62. The van der Waals surface area contributed by atoms with Gasteiger partial charge >= 0.3 is 0 Å². The second-order valence-corrected chi connectivity index (χ2v) is 6.40. The zero-order valence-corrected chi connectivity index (χ0v) is 14.7. The minimum atomic E-state index is -0.211. The number of hydrogen-bond acceptors (Lipinski definition) is 2. The number of carbonyl (C=O) groups is 1. The smallest absolute Gasteiger partial charge is 0.252 e. The quantitative estimate of drug-likeness (QED) is 0.856. The van der Waals surface area contributed by atoms with Crippen LogP contribution in [-0.2, 0) is 6.42 Å². The van der Waals surface area contributed by atoms with Crippen LogP contribution in [0.5, 0.6) is 0 Å². The van der Waals surface area contributed by atoms with Crippen molar-refractivity contribution in [2.75, 3.05) is 20.6 Å². The lowest BCUT2D eigenvalue weighted by Gasteiger charge is -2.25. The third kappa shape index (κ3) is 4.96. The van der Waals surface area contributed by atoms with Crippen LogP contribution in [0.25, 0.3) is 0 Å². The molecule has 1 atom stereocenters. The van der Waals surface area contributed by atoms with Crippen molar-refractivity contribution in [1.82, 2.24) is 10.2 Å². The van der Waals surface area contributed by atoms with Gasteiger partial charge in [0.2, 0.25) is 0 Å². The Morgan fingerprint density at radius 1 is 1.09 bits per heavy atom. The molecule has 0 heterocycles. The van der Waals surface area contributed by atoms with Crippen molar-refractivity contribution in [1.29, 1.82) is 0 Å². The largest absolute Gasteiger partial charge is 0.350 e. The van der Waals surface area contributed by atoms with E-state index in [1.54, 1.807) is 18.2 Å². The van der Waals surface area contributed by atoms with Gasteiger partial charge in [0.05, 0.1) is 15.6 Å². The highest BCUT2D eigenvalue weighted by atomic mass is 35.5. The molecule has 1 amide bonds. The molecule has 0 aliphatic heterocycles. The van der Waals surface area contributed by atoms with E-state index < -0.39 is 0 Å². The summed E-state index contributed by atoms with van der Waals surface area (Å²) in [4.78, 5) is 14.4. The maximum absolute atomic E-state index is 12.3. The van der Waals surface area contributed by atoms with Gasteiger partial charge in [-0.3, -0.25) is 4.79 Å². The van der Waals surface area contributed by atoms with Gasteiger partial charge in [-0.15, -0.1) is 0 Å². The molecule has 2 aromatic rings. The van der Waals surface area contributed by atoms with Gasteiger partial charge in [0.25, 0.3) is 5.91 Å². The molecule has 0 aliphatic rings. The molecule has 0 spiro atoms. The van der Waals surface area contributed by atoms with E-state index in [1.165, 1.54) is 5.56 Å². The highest BCUT2D eigenvalue weighted by molar-refractivity contribution is 6.43. The lowest BCUT2D eigenvalue weighted by atomic mass is 10.0. The number of benzene rings is 2. The normalized spacial score (nSPS) is 12.2. The van der Waals surface area contributed by atoms with Crippen LogP contribution in [0.1, 0.15) is 15.9 Å². The van der Waals surface area contributed by atoms with E-state index in [0.29, 0.717) is 17.1 Å². The van der Waals surface area contributed by atoms with E-state index >= 15 is 0 Å². The average Bonchev–Trinajstić information content (AvgIpc) is 2.54. The van der Waals surface area contributed by atoms with Gasteiger partial charge < -0.3 is 10.2 Å². The van der Waals surface area contributed by atoms with E-state index in [4.69, 9.17) is 23.2 Å². The number of amides is 1. The zero-order chi connectivity index (χ0) is 16.8. The molecule has 2 rings (SSSR count). The number of halogens is 2. The predicted octanol–water partition coefficient (Wildman–Crippen LogP) is 3.90. The molecule has 0 saturated carbocycles. The molecule has 0 radical (unpaired) electrons. The van der Waals surface area contributed by atoms with Crippen molar-refractivity contribution >= 4 is 29.1 Å². The number of carbonyl (C=O) groups excluding carboxylic acids is 1. The van der Waals surface area contributed by atoms with Gasteiger partial charge in [-0.2, -0.15) is 0 Å². The summed E-state index contributed by atoms with van der Waals surface area (Å²) in [6, 6.07) is 15.5. The van der Waals surface area contributed by atoms with Crippen molar-refractivity contribution in [2.24, 2.45) is 0 Å². The highest BCUT2D eigenvalue weighted by Crippen LogP contribution is 2.25. The molecular weight excluding hydrogens is 331 g/mol. The first-order valence-corrected chi connectivity index (χ1v) is 8.17. The van der Waals surface area contributed by atoms with Gasteiger partial charge in [0.1, 0.15) is 0 Å². The number of nitrogens with zero attached hydrogens (tertiary/aromatic N) is 1. The summed E-state index contributed by atoms with van der Waals surface area (Å²) in [5, 5.41) is 3.62. The Morgan fingerprint density at radius 3 is 2.43 bits per heavy atom. The number of nitrogens with one attached hydrogen (secondary N) is 1. The third-order valence-electron chi connectivity index (χ3n) is 3.74. The Bertz CT molecular complexity index is 659. The van der Waals surface area contributed by atoms with Crippen molar-refractivity contribution in [3.63, 3.8) is 0 Å². The summed E-state index contributed by atoms with van der Waals surface area (Å²) >= 11 is 12.1. The molecule has 23 heavy (non-hydrogen) atoms. The Morgan fingerprint density at radius 2 is 1.78 bits per heavy atom. The fourth-order valence-electron chi connectivity index (χ4n) is 2.31. The molecule has 0 aliphatic carbocycles. The standard InChI is InChI=1S/C18H20Cl2N2O/c1-22(2)14(11-13-7-4-3-5-8-13)12-21-18(23)15-9-6-10-16(19)17(15)20/h3-10,14H,11-12H2,1-2H3,(H,21,23). The van der Waals surface area contributed by atoms with Crippen molar-refractivity contribution in [3.05, 3.63) is 69.7 Å². The van der Waals surface area contributed by atoms with Gasteiger partial charge in [0.15, 0.2) is 0 Å². The summed E-state index contributed by atoms with van der Waals surface area (Å²) in [7, 11) is 4.01. The Kier molecular flexibility index (Phi) is 6.46. The predicted molar refractivity (Wildman–Crippen MR) is 96.4 cm³/mol. The summed E-state index contributed by atoms with van der Waals surface area (Å²) < 4.78 is 0. The zero-order valence-electron chi connectivity index (χ0n) is 13.2. The summed E-state index contributed by atoms with van der Waals surface area (Å²) in [6.07, 6.45) is 0.859.